The molecule has 0 amide bonds. The van der Waals surface area contributed by atoms with Gasteiger partial charge in [0.1, 0.15) is 11.6 Å². The highest BCUT2D eigenvalue weighted by atomic mass is 16.2. The van der Waals surface area contributed by atoms with E-state index in [1.165, 1.54) is 0 Å². The Labute approximate surface area is 86.1 Å². The van der Waals surface area contributed by atoms with Crippen LogP contribution in [-0.4, -0.2) is 11.6 Å². The van der Waals surface area contributed by atoms with Gasteiger partial charge in [0, 0.05) is 11.3 Å². The molecular formula is C12H20O2. The molecule has 1 atom stereocenters. The van der Waals surface area contributed by atoms with Crippen molar-refractivity contribution in [1.82, 2.24) is 0 Å². The van der Waals surface area contributed by atoms with Gasteiger partial charge in [-0.1, -0.05) is 27.7 Å². The third kappa shape index (κ3) is 2.43. The summed E-state index contributed by atoms with van der Waals surface area (Å²) in [7, 11) is 0. The van der Waals surface area contributed by atoms with Crippen molar-refractivity contribution in [3.63, 3.8) is 0 Å². The predicted octanol–water partition coefficient (Wildman–Crippen LogP) is 2.61. The Balaban J connectivity index is 2.70. The standard InChI is InChI=1S/C12H20O2/c1-5-9(10(13)8-6-7-8)11(14)12(2,3)4/h8-9H,5-7H2,1-4H3. The lowest BCUT2D eigenvalue weighted by molar-refractivity contribution is -0.138. The molecule has 0 aromatic heterocycles. The van der Waals surface area contributed by atoms with Gasteiger partial charge in [-0.15, -0.1) is 0 Å². The Hall–Kier alpha value is -0.660. The van der Waals surface area contributed by atoms with Gasteiger partial charge in [0.15, 0.2) is 0 Å². The van der Waals surface area contributed by atoms with Crippen LogP contribution in [-0.2, 0) is 9.59 Å². The van der Waals surface area contributed by atoms with E-state index >= 15 is 0 Å². The molecule has 2 heteroatoms. The molecule has 0 aromatic carbocycles. The van der Waals surface area contributed by atoms with E-state index in [2.05, 4.69) is 0 Å². The van der Waals surface area contributed by atoms with E-state index in [4.69, 9.17) is 0 Å². The Morgan fingerprint density at radius 2 is 1.79 bits per heavy atom. The molecule has 0 N–H and O–H groups in total. The first kappa shape index (κ1) is 11.4. The van der Waals surface area contributed by atoms with E-state index in [-0.39, 0.29) is 28.8 Å². The first-order chi connectivity index (χ1) is 6.38. The minimum absolute atomic E-state index is 0.108. The van der Waals surface area contributed by atoms with Crippen molar-refractivity contribution in [1.29, 1.82) is 0 Å². The fraction of sp³-hybridized carbons (Fsp3) is 0.833. The van der Waals surface area contributed by atoms with Gasteiger partial charge < -0.3 is 0 Å². The van der Waals surface area contributed by atoms with Gasteiger partial charge in [0.2, 0.25) is 0 Å². The average Bonchev–Trinajstić information content (AvgIpc) is 2.85. The summed E-state index contributed by atoms with van der Waals surface area (Å²) in [6, 6.07) is 0. The molecule has 1 aliphatic rings. The van der Waals surface area contributed by atoms with Gasteiger partial charge in [-0.2, -0.15) is 0 Å². The van der Waals surface area contributed by atoms with E-state index in [0.29, 0.717) is 6.42 Å². The zero-order valence-corrected chi connectivity index (χ0v) is 9.59. The van der Waals surface area contributed by atoms with Crippen molar-refractivity contribution in [3.8, 4) is 0 Å². The van der Waals surface area contributed by atoms with Crippen molar-refractivity contribution >= 4 is 11.6 Å². The smallest absolute Gasteiger partial charge is 0.148 e. The van der Waals surface area contributed by atoms with Crippen LogP contribution >= 0.6 is 0 Å². The number of hydrogen-bond donors (Lipinski definition) is 0. The van der Waals surface area contributed by atoms with Crippen molar-refractivity contribution in [2.75, 3.05) is 0 Å². The average molecular weight is 196 g/mol. The molecule has 0 radical (unpaired) electrons. The predicted molar refractivity (Wildman–Crippen MR) is 56.0 cm³/mol. The molecule has 80 valence electrons. The maximum Gasteiger partial charge on any atom is 0.148 e. The van der Waals surface area contributed by atoms with Gasteiger partial charge in [-0.3, -0.25) is 9.59 Å². The Morgan fingerprint density at radius 3 is 2.07 bits per heavy atom. The van der Waals surface area contributed by atoms with Crippen LogP contribution in [0.15, 0.2) is 0 Å². The summed E-state index contributed by atoms with van der Waals surface area (Å²) in [6.45, 7) is 7.59. The molecule has 1 rings (SSSR count). The molecule has 0 saturated heterocycles. The highest BCUT2D eigenvalue weighted by Crippen LogP contribution is 2.35. The molecule has 0 heterocycles. The zero-order valence-electron chi connectivity index (χ0n) is 9.59. The molecule has 0 bridgehead atoms. The molecule has 1 unspecified atom stereocenters. The van der Waals surface area contributed by atoms with Crippen molar-refractivity contribution in [2.45, 2.75) is 47.0 Å². The molecule has 1 aliphatic carbocycles. The number of Topliss-reactive ketones (excluding diaryl/α,β-unsaturated/α-hetero) is 2. The second-order valence-corrected chi connectivity index (χ2v) is 5.25. The quantitative estimate of drug-likeness (QED) is 0.648. The van der Waals surface area contributed by atoms with Gasteiger partial charge in [-0.05, 0) is 19.3 Å². The number of ketones is 2. The first-order valence-electron chi connectivity index (χ1n) is 5.46. The monoisotopic (exact) mass is 196 g/mol. The Morgan fingerprint density at radius 1 is 1.29 bits per heavy atom. The number of rotatable bonds is 4. The lowest BCUT2D eigenvalue weighted by atomic mass is 9.79. The highest BCUT2D eigenvalue weighted by Gasteiger charge is 2.40. The molecule has 0 aliphatic heterocycles. The second kappa shape index (κ2) is 3.84. The number of hydrogen-bond acceptors (Lipinski definition) is 2. The van der Waals surface area contributed by atoms with E-state index in [1.54, 1.807) is 0 Å². The molecule has 1 fully saturated rings. The van der Waals surface area contributed by atoms with E-state index in [0.717, 1.165) is 12.8 Å². The summed E-state index contributed by atoms with van der Waals surface area (Å²) >= 11 is 0. The molecule has 0 aromatic rings. The Kier molecular flexibility index (Phi) is 3.13. The van der Waals surface area contributed by atoms with Crippen LogP contribution in [0.5, 0.6) is 0 Å². The van der Waals surface area contributed by atoms with E-state index in [1.807, 2.05) is 27.7 Å². The summed E-state index contributed by atoms with van der Waals surface area (Å²) in [5.41, 5.74) is -0.384. The number of carbonyl (C=O) groups is 2. The molecular weight excluding hydrogens is 176 g/mol. The maximum atomic E-state index is 11.9. The fourth-order valence-corrected chi connectivity index (χ4v) is 1.69. The minimum Gasteiger partial charge on any atom is -0.299 e. The molecule has 1 saturated carbocycles. The van der Waals surface area contributed by atoms with Crippen LogP contribution in [0.25, 0.3) is 0 Å². The molecule has 2 nitrogen and oxygen atoms in total. The third-order valence-electron chi connectivity index (χ3n) is 2.79. The summed E-state index contributed by atoms with van der Waals surface area (Å²) in [5, 5.41) is 0. The largest absolute Gasteiger partial charge is 0.299 e. The van der Waals surface area contributed by atoms with Crippen LogP contribution in [0.3, 0.4) is 0 Å². The first-order valence-corrected chi connectivity index (χ1v) is 5.46. The zero-order chi connectivity index (χ0) is 10.9. The van der Waals surface area contributed by atoms with Crippen LogP contribution in [0.1, 0.15) is 47.0 Å². The van der Waals surface area contributed by atoms with Gasteiger partial charge in [0.05, 0.1) is 5.92 Å². The third-order valence-corrected chi connectivity index (χ3v) is 2.79. The Bertz CT molecular complexity index is 244. The van der Waals surface area contributed by atoms with Gasteiger partial charge in [0.25, 0.3) is 0 Å². The normalized spacial score (nSPS) is 19.1. The highest BCUT2D eigenvalue weighted by molar-refractivity contribution is 6.05. The second-order valence-electron chi connectivity index (χ2n) is 5.25. The fourth-order valence-electron chi connectivity index (χ4n) is 1.69. The van der Waals surface area contributed by atoms with Crippen LogP contribution in [0.2, 0.25) is 0 Å². The number of carbonyl (C=O) groups excluding carboxylic acids is 2. The van der Waals surface area contributed by atoms with Crippen LogP contribution < -0.4 is 0 Å². The summed E-state index contributed by atoms with van der Waals surface area (Å²) in [6.07, 6.45) is 2.64. The van der Waals surface area contributed by atoms with Crippen LogP contribution in [0, 0.1) is 17.3 Å². The summed E-state index contributed by atoms with van der Waals surface area (Å²) in [5.74, 6) is 0.151. The van der Waals surface area contributed by atoms with Gasteiger partial charge >= 0.3 is 0 Å². The summed E-state index contributed by atoms with van der Waals surface area (Å²) < 4.78 is 0. The SMILES string of the molecule is CCC(C(=O)C1CC1)C(=O)C(C)(C)C. The summed E-state index contributed by atoms with van der Waals surface area (Å²) in [4.78, 5) is 23.8. The molecule has 0 spiro atoms. The minimum atomic E-state index is -0.384. The van der Waals surface area contributed by atoms with Crippen molar-refractivity contribution < 1.29 is 9.59 Å². The van der Waals surface area contributed by atoms with Crippen LogP contribution in [0.4, 0.5) is 0 Å². The van der Waals surface area contributed by atoms with E-state index in [9.17, 15) is 9.59 Å². The lowest BCUT2D eigenvalue weighted by Gasteiger charge is -2.22. The van der Waals surface area contributed by atoms with Crippen molar-refractivity contribution in [2.24, 2.45) is 17.3 Å². The van der Waals surface area contributed by atoms with Crippen molar-refractivity contribution in [3.05, 3.63) is 0 Å². The maximum absolute atomic E-state index is 11.9. The molecule has 14 heavy (non-hydrogen) atoms. The topological polar surface area (TPSA) is 34.1 Å². The van der Waals surface area contributed by atoms with E-state index < -0.39 is 0 Å². The lowest BCUT2D eigenvalue weighted by Crippen LogP contribution is -2.33. The van der Waals surface area contributed by atoms with Gasteiger partial charge in [-0.25, -0.2) is 0 Å².